The molecule has 0 amide bonds. The molecule has 4 nitrogen and oxygen atoms in total. The number of aromatic amines is 1. The summed E-state index contributed by atoms with van der Waals surface area (Å²) >= 11 is 0. The molecule has 1 aliphatic carbocycles. The standard InChI is InChI=1S/C9H10F3NO3S/c10-4-17(15,16)6-3-13-5-1-2-9(11,12)8(14)7(5)6/h3,8,13-14H,1-2,4H2. The van der Waals surface area contributed by atoms with Gasteiger partial charge in [-0.15, -0.1) is 0 Å². The first-order valence-electron chi connectivity index (χ1n) is 4.84. The zero-order valence-electron chi connectivity index (χ0n) is 8.58. The molecular formula is C9H10F3NO3S. The fraction of sp³-hybridized carbons (Fsp3) is 0.556. The van der Waals surface area contributed by atoms with Crippen LogP contribution in [0.4, 0.5) is 13.2 Å². The van der Waals surface area contributed by atoms with Crippen LogP contribution in [0.3, 0.4) is 0 Å². The summed E-state index contributed by atoms with van der Waals surface area (Å²) in [7, 11) is -4.27. The first-order chi connectivity index (χ1) is 7.79. The Bertz CT molecular complexity index is 538. The molecule has 0 aliphatic heterocycles. The maximum atomic E-state index is 13.3. The molecule has 8 heteroatoms. The summed E-state index contributed by atoms with van der Waals surface area (Å²) in [5.41, 5.74) is -0.186. The van der Waals surface area contributed by atoms with Gasteiger partial charge in [-0.1, -0.05) is 0 Å². The van der Waals surface area contributed by atoms with Crippen molar-refractivity contribution in [3.05, 3.63) is 17.5 Å². The molecule has 2 rings (SSSR count). The predicted molar refractivity (Wildman–Crippen MR) is 52.2 cm³/mol. The van der Waals surface area contributed by atoms with E-state index >= 15 is 0 Å². The lowest BCUT2D eigenvalue weighted by Crippen LogP contribution is -2.32. The van der Waals surface area contributed by atoms with Crippen molar-refractivity contribution < 1.29 is 26.7 Å². The number of hydrogen-bond acceptors (Lipinski definition) is 3. The molecule has 0 saturated carbocycles. The molecule has 1 aliphatic rings. The first kappa shape index (κ1) is 12.4. The third kappa shape index (κ3) is 1.85. The topological polar surface area (TPSA) is 70.2 Å². The number of H-pyrrole nitrogens is 1. The number of fused-ring (bicyclic) bond motifs is 1. The van der Waals surface area contributed by atoms with Crippen LogP contribution in [0, 0.1) is 0 Å². The van der Waals surface area contributed by atoms with Crippen LogP contribution >= 0.6 is 0 Å². The van der Waals surface area contributed by atoms with E-state index in [1.807, 2.05) is 0 Å². The Balaban J connectivity index is 2.59. The van der Waals surface area contributed by atoms with E-state index in [0.29, 0.717) is 0 Å². The largest absolute Gasteiger partial charge is 0.382 e. The zero-order valence-corrected chi connectivity index (χ0v) is 9.40. The van der Waals surface area contributed by atoms with Crippen molar-refractivity contribution in [1.29, 1.82) is 0 Å². The monoisotopic (exact) mass is 269 g/mol. The first-order valence-corrected chi connectivity index (χ1v) is 6.49. The van der Waals surface area contributed by atoms with Crippen molar-refractivity contribution in [3.8, 4) is 0 Å². The highest BCUT2D eigenvalue weighted by Crippen LogP contribution is 2.43. The molecule has 1 heterocycles. The van der Waals surface area contributed by atoms with Crippen LogP contribution in [0.1, 0.15) is 23.8 Å². The van der Waals surface area contributed by atoms with Crippen molar-refractivity contribution in [3.63, 3.8) is 0 Å². The number of nitrogens with one attached hydrogen (secondary N) is 1. The van der Waals surface area contributed by atoms with Gasteiger partial charge in [-0.3, -0.25) is 0 Å². The Morgan fingerprint density at radius 3 is 2.76 bits per heavy atom. The Labute approximate surface area is 95.4 Å². The number of aliphatic hydroxyl groups excluding tert-OH is 1. The SMILES string of the molecule is O=S(=O)(CF)c1c[nH]c2c1C(O)C(F)(F)CC2. The quantitative estimate of drug-likeness (QED) is 0.851. The minimum Gasteiger partial charge on any atom is -0.382 e. The van der Waals surface area contributed by atoms with Gasteiger partial charge in [0.1, 0.15) is 6.10 Å². The average Bonchev–Trinajstić information content (AvgIpc) is 2.69. The highest BCUT2D eigenvalue weighted by Gasteiger charge is 2.46. The van der Waals surface area contributed by atoms with E-state index in [0.717, 1.165) is 6.20 Å². The molecule has 2 N–H and O–H groups in total. The van der Waals surface area contributed by atoms with Crippen molar-refractivity contribution in [2.45, 2.75) is 29.8 Å². The van der Waals surface area contributed by atoms with Gasteiger partial charge in [0.2, 0.25) is 9.84 Å². The highest BCUT2D eigenvalue weighted by atomic mass is 32.2. The summed E-state index contributed by atoms with van der Waals surface area (Å²) in [5, 5.41) is 9.46. The number of aromatic nitrogens is 1. The van der Waals surface area contributed by atoms with Crippen molar-refractivity contribution >= 4 is 9.84 Å². The summed E-state index contributed by atoms with van der Waals surface area (Å²) in [6.45, 7) is 0. The molecule has 1 atom stereocenters. The van der Waals surface area contributed by atoms with Crippen molar-refractivity contribution in [2.24, 2.45) is 0 Å². The minimum atomic E-state index is -4.27. The molecule has 0 fully saturated rings. The third-order valence-electron chi connectivity index (χ3n) is 2.83. The van der Waals surface area contributed by atoms with Crippen LogP contribution in [0.25, 0.3) is 0 Å². The summed E-state index contributed by atoms with van der Waals surface area (Å²) in [6, 6.07) is -1.68. The van der Waals surface area contributed by atoms with Gasteiger partial charge < -0.3 is 10.1 Å². The molecular weight excluding hydrogens is 259 g/mol. The van der Waals surface area contributed by atoms with Crippen LogP contribution < -0.4 is 0 Å². The summed E-state index contributed by atoms with van der Waals surface area (Å²) in [5.74, 6) is -3.39. The Morgan fingerprint density at radius 2 is 2.18 bits per heavy atom. The van der Waals surface area contributed by atoms with Gasteiger partial charge in [0.25, 0.3) is 5.92 Å². The Kier molecular flexibility index (Phi) is 2.74. The summed E-state index contributed by atoms with van der Waals surface area (Å²) in [4.78, 5) is 1.91. The number of aliphatic hydroxyl groups is 1. The second-order valence-electron chi connectivity index (χ2n) is 3.93. The fourth-order valence-electron chi connectivity index (χ4n) is 1.92. The zero-order chi connectivity index (χ0) is 12.8. The number of alkyl halides is 3. The number of halogens is 3. The lowest BCUT2D eigenvalue weighted by Gasteiger charge is -2.28. The van der Waals surface area contributed by atoms with E-state index in [1.54, 1.807) is 0 Å². The van der Waals surface area contributed by atoms with Gasteiger partial charge in [0, 0.05) is 23.9 Å². The third-order valence-corrected chi connectivity index (χ3v) is 4.12. The fourth-order valence-corrected chi connectivity index (χ4v) is 2.85. The van der Waals surface area contributed by atoms with Crippen LogP contribution in [0.15, 0.2) is 11.1 Å². The van der Waals surface area contributed by atoms with Crippen LogP contribution in [0.5, 0.6) is 0 Å². The molecule has 1 aromatic rings. The molecule has 0 radical (unpaired) electrons. The maximum absolute atomic E-state index is 13.3. The van der Waals surface area contributed by atoms with E-state index in [9.17, 15) is 26.7 Å². The van der Waals surface area contributed by atoms with Crippen LogP contribution in [-0.4, -0.2) is 30.4 Å². The van der Waals surface area contributed by atoms with Crippen LogP contribution in [0.2, 0.25) is 0 Å². The molecule has 1 unspecified atom stereocenters. The lowest BCUT2D eigenvalue weighted by atomic mass is 9.92. The van der Waals surface area contributed by atoms with Gasteiger partial charge >= 0.3 is 0 Å². The molecule has 96 valence electrons. The van der Waals surface area contributed by atoms with Crippen molar-refractivity contribution in [2.75, 3.05) is 6.01 Å². The van der Waals surface area contributed by atoms with Crippen LogP contribution in [-0.2, 0) is 16.3 Å². The minimum absolute atomic E-state index is 0.0821. The smallest absolute Gasteiger partial charge is 0.278 e. The number of rotatable bonds is 2. The number of sulfone groups is 1. The normalized spacial score (nSPS) is 23.4. The lowest BCUT2D eigenvalue weighted by molar-refractivity contribution is -0.122. The van der Waals surface area contributed by atoms with Gasteiger partial charge in [0.05, 0.1) is 4.90 Å². The van der Waals surface area contributed by atoms with E-state index in [-0.39, 0.29) is 12.1 Å². The maximum Gasteiger partial charge on any atom is 0.278 e. The number of hydrogen-bond donors (Lipinski definition) is 2. The second-order valence-corrected chi connectivity index (χ2v) is 5.82. The van der Waals surface area contributed by atoms with E-state index in [4.69, 9.17) is 0 Å². The molecule has 0 spiro atoms. The molecule has 1 aromatic heterocycles. The molecule has 17 heavy (non-hydrogen) atoms. The Morgan fingerprint density at radius 1 is 1.53 bits per heavy atom. The van der Waals surface area contributed by atoms with E-state index in [1.165, 1.54) is 0 Å². The average molecular weight is 269 g/mol. The molecule has 0 aromatic carbocycles. The van der Waals surface area contributed by atoms with E-state index < -0.39 is 44.8 Å². The summed E-state index contributed by atoms with van der Waals surface area (Å²) in [6.07, 6.45) is -1.92. The Hall–Kier alpha value is -1.02. The van der Waals surface area contributed by atoms with Gasteiger partial charge in [0.15, 0.2) is 6.01 Å². The van der Waals surface area contributed by atoms with Gasteiger partial charge in [-0.2, -0.15) is 0 Å². The van der Waals surface area contributed by atoms with Gasteiger partial charge in [-0.25, -0.2) is 21.6 Å². The number of aryl methyl sites for hydroxylation is 1. The van der Waals surface area contributed by atoms with Crippen molar-refractivity contribution in [1.82, 2.24) is 4.98 Å². The molecule has 0 saturated heterocycles. The van der Waals surface area contributed by atoms with E-state index in [2.05, 4.69) is 4.98 Å². The second kappa shape index (κ2) is 3.74. The predicted octanol–water partition coefficient (Wildman–Crippen LogP) is 1.33. The van der Waals surface area contributed by atoms with Gasteiger partial charge in [-0.05, 0) is 6.42 Å². The highest BCUT2D eigenvalue weighted by molar-refractivity contribution is 7.91. The summed E-state index contributed by atoms with van der Waals surface area (Å²) < 4.78 is 61.6. The molecule has 0 bridgehead atoms.